The van der Waals surface area contributed by atoms with Gasteiger partial charge in [0.05, 0.1) is 6.10 Å². The normalized spacial score (nSPS) is 12.8. The van der Waals surface area contributed by atoms with Gasteiger partial charge in [-0.25, -0.2) is 4.98 Å². The number of likely N-dealkylation sites (N-methyl/N-ethyl adjacent to an activating group) is 1. The molecule has 1 unspecified atom stereocenters. The summed E-state index contributed by atoms with van der Waals surface area (Å²) in [7, 11) is 2.05. The third-order valence-electron chi connectivity index (χ3n) is 3.53. The molecule has 1 atom stereocenters. The number of rotatable bonds is 7. The molecular formula is C16H23N3O. The Morgan fingerprint density at radius 2 is 2.05 bits per heavy atom. The van der Waals surface area contributed by atoms with Crippen molar-refractivity contribution in [3.63, 3.8) is 0 Å². The molecule has 0 spiro atoms. The van der Waals surface area contributed by atoms with Crippen LogP contribution < -0.4 is 0 Å². The molecule has 0 amide bonds. The van der Waals surface area contributed by atoms with Gasteiger partial charge < -0.3 is 14.6 Å². The lowest BCUT2D eigenvalue weighted by Crippen LogP contribution is -2.26. The van der Waals surface area contributed by atoms with Crippen molar-refractivity contribution in [2.24, 2.45) is 0 Å². The van der Waals surface area contributed by atoms with E-state index in [0.29, 0.717) is 6.54 Å². The summed E-state index contributed by atoms with van der Waals surface area (Å²) in [6.45, 7) is 4.61. The van der Waals surface area contributed by atoms with Crippen molar-refractivity contribution in [3.8, 4) is 0 Å². The average Bonchev–Trinajstić information content (AvgIpc) is 2.85. The van der Waals surface area contributed by atoms with Crippen LogP contribution in [0.4, 0.5) is 0 Å². The zero-order valence-electron chi connectivity index (χ0n) is 12.2. The van der Waals surface area contributed by atoms with Gasteiger partial charge in [0.1, 0.15) is 5.82 Å². The first kappa shape index (κ1) is 14.8. The molecule has 4 nitrogen and oxygen atoms in total. The number of aromatic nitrogens is 2. The van der Waals surface area contributed by atoms with Gasteiger partial charge in [0.25, 0.3) is 0 Å². The van der Waals surface area contributed by atoms with E-state index in [9.17, 15) is 5.11 Å². The monoisotopic (exact) mass is 273 g/mol. The predicted molar refractivity (Wildman–Crippen MR) is 80.5 cm³/mol. The first-order chi connectivity index (χ1) is 9.66. The first-order valence-electron chi connectivity index (χ1n) is 7.06. The van der Waals surface area contributed by atoms with Gasteiger partial charge in [-0.3, -0.25) is 0 Å². The third kappa shape index (κ3) is 4.18. The van der Waals surface area contributed by atoms with Crippen LogP contribution in [0.15, 0.2) is 42.7 Å². The zero-order valence-corrected chi connectivity index (χ0v) is 12.2. The number of imidazole rings is 1. The summed E-state index contributed by atoms with van der Waals surface area (Å²) in [5, 5.41) is 10.2. The van der Waals surface area contributed by atoms with Crippen LogP contribution in [0.2, 0.25) is 0 Å². The number of benzene rings is 1. The maximum Gasteiger partial charge on any atom is 0.105 e. The Labute approximate surface area is 120 Å². The summed E-state index contributed by atoms with van der Waals surface area (Å²) in [4.78, 5) is 6.38. The summed E-state index contributed by atoms with van der Waals surface area (Å²) in [5.41, 5.74) is 0.977. The topological polar surface area (TPSA) is 41.3 Å². The minimum absolute atomic E-state index is 0.420. The van der Waals surface area contributed by atoms with Gasteiger partial charge >= 0.3 is 0 Å². The van der Waals surface area contributed by atoms with Gasteiger partial charge in [-0.15, -0.1) is 0 Å². The van der Waals surface area contributed by atoms with Crippen LogP contribution in [0, 0.1) is 6.92 Å². The highest BCUT2D eigenvalue weighted by Crippen LogP contribution is 2.13. The van der Waals surface area contributed by atoms with Gasteiger partial charge in [-0.2, -0.15) is 0 Å². The highest BCUT2D eigenvalue weighted by molar-refractivity contribution is 5.17. The van der Waals surface area contributed by atoms with Gasteiger partial charge in [-0.05, 0) is 32.5 Å². The molecule has 0 fully saturated rings. The van der Waals surface area contributed by atoms with Gasteiger partial charge in [0.15, 0.2) is 0 Å². The van der Waals surface area contributed by atoms with E-state index in [-0.39, 0.29) is 0 Å². The van der Waals surface area contributed by atoms with Crippen LogP contribution in [0.5, 0.6) is 0 Å². The van der Waals surface area contributed by atoms with Crippen molar-refractivity contribution in [2.75, 3.05) is 20.1 Å². The van der Waals surface area contributed by atoms with Gasteiger partial charge in [0.2, 0.25) is 0 Å². The van der Waals surface area contributed by atoms with Crippen LogP contribution in [-0.2, 0) is 6.54 Å². The summed E-state index contributed by atoms with van der Waals surface area (Å²) in [6.07, 6.45) is 4.47. The lowest BCUT2D eigenvalue weighted by atomic mass is 10.1. The minimum atomic E-state index is -0.420. The van der Waals surface area contributed by atoms with Crippen LogP contribution >= 0.6 is 0 Å². The van der Waals surface area contributed by atoms with Crippen molar-refractivity contribution in [1.29, 1.82) is 0 Å². The van der Waals surface area contributed by atoms with Gasteiger partial charge in [-0.1, -0.05) is 30.3 Å². The van der Waals surface area contributed by atoms with Gasteiger partial charge in [0, 0.05) is 25.5 Å². The van der Waals surface area contributed by atoms with E-state index in [1.165, 1.54) is 0 Å². The smallest absolute Gasteiger partial charge is 0.105 e. The molecule has 2 aromatic rings. The Balaban J connectivity index is 1.73. The molecule has 0 radical (unpaired) electrons. The SMILES string of the molecule is Cc1nccn1CCCN(C)CC(O)c1ccccc1. The highest BCUT2D eigenvalue weighted by Gasteiger charge is 2.10. The molecule has 20 heavy (non-hydrogen) atoms. The second-order valence-corrected chi connectivity index (χ2v) is 5.21. The van der Waals surface area contributed by atoms with E-state index in [1.54, 1.807) is 0 Å². The van der Waals surface area contributed by atoms with Crippen molar-refractivity contribution in [2.45, 2.75) is 26.0 Å². The summed E-state index contributed by atoms with van der Waals surface area (Å²) in [6, 6.07) is 9.81. The van der Waals surface area contributed by atoms with E-state index >= 15 is 0 Å². The maximum atomic E-state index is 10.2. The van der Waals surface area contributed by atoms with E-state index in [0.717, 1.165) is 30.9 Å². The standard InChI is InChI=1S/C16H23N3O/c1-14-17-9-12-19(14)11-6-10-18(2)13-16(20)15-7-4-3-5-8-15/h3-5,7-9,12,16,20H,6,10-11,13H2,1-2H3. The highest BCUT2D eigenvalue weighted by atomic mass is 16.3. The van der Waals surface area contributed by atoms with Crippen LogP contribution in [0.3, 0.4) is 0 Å². The number of hydrogen-bond donors (Lipinski definition) is 1. The second kappa shape index (κ2) is 7.22. The lowest BCUT2D eigenvalue weighted by molar-refractivity contribution is 0.125. The Hall–Kier alpha value is -1.65. The van der Waals surface area contributed by atoms with E-state index in [1.807, 2.05) is 56.7 Å². The maximum absolute atomic E-state index is 10.2. The van der Waals surface area contributed by atoms with Crippen LogP contribution in [0.1, 0.15) is 23.9 Å². The number of aliphatic hydroxyl groups excluding tert-OH is 1. The van der Waals surface area contributed by atoms with Crippen molar-refractivity contribution in [1.82, 2.24) is 14.5 Å². The molecule has 1 aromatic heterocycles. The van der Waals surface area contributed by atoms with E-state index in [4.69, 9.17) is 0 Å². The first-order valence-corrected chi connectivity index (χ1v) is 7.06. The molecule has 0 aliphatic heterocycles. The largest absolute Gasteiger partial charge is 0.387 e. The molecule has 0 saturated heterocycles. The average molecular weight is 273 g/mol. The molecule has 2 rings (SSSR count). The number of hydrogen-bond acceptors (Lipinski definition) is 3. The third-order valence-corrected chi connectivity index (χ3v) is 3.53. The molecule has 0 saturated carbocycles. The van der Waals surface area contributed by atoms with Crippen molar-refractivity contribution < 1.29 is 5.11 Å². The quantitative estimate of drug-likeness (QED) is 0.841. The van der Waals surface area contributed by atoms with Crippen LogP contribution in [-0.4, -0.2) is 39.7 Å². The molecule has 1 heterocycles. The fourth-order valence-electron chi connectivity index (χ4n) is 2.32. The molecule has 1 aromatic carbocycles. The molecule has 0 aliphatic rings. The summed E-state index contributed by atoms with van der Waals surface area (Å²) >= 11 is 0. The summed E-state index contributed by atoms with van der Waals surface area (Å²) < 4.78 is 2.15. The van der Waals surface area contributed by atoms with E-state index in [2.05, 4.69) is 14.5 Å². The number of aryl methyl sites for hydroxylation is 2. The molecule has 0 bridgehead atoms. The molecule has 0 aliphatic carbocycles. The minimum Gasteiger partial charge on any atom is -0.387 e. The van der Waals surface area contributed by atoms with Crippen molar-refractivity contribution in [3.05, 3.63) is 54.1 Å². The Morgan fingerprint density at radius 1 is 1.30 bits per heavy atom. The fourth-order valence-corrected chi connectivity index (χ4v) is 2.32. The van der Waals surface area contributed by atoms with Crippen molar-refractivity contribution >= 4 is 0 Å². The Morgan fingerprint density at radius 3 is 2.70 bits per heavy atom. The lowest BCUT2D eigenvalue weighted by Gasteiger charge is -2.21. The fraction of sp³-hybridized carbons (Fsp3) is 0.438. The number of nitrogens with zero attached hydrogens (tertiary/aromatic N) is 3. The number of aliphatic hydroxyl groups is 1. The summed E-state index contributed by atoms with van der Waals surface area (Å²) in [5.74, 6) is 1.05. The van der Waals surface area contributed by atoms with E-state index < -0.39 is 6.10 Å². The molecule has 108 valence electrons. The Kier molecular flexibility index (Phi) is 5.32. The zero-order chi connectivity index (χ0) is 14.4. The predicted octanol–water partition coefficient (Wildman–Crippen LogP) is 2.25. The molecular weight excluding hydrogens is 250 g/mol. The second-order valence-electron chi connectivity index (χ2n) is 5.21. The van der Waals surface area contributed by atoms with Crippen LogP contribution in [0.25, 0.3) is 0 Å². The molecule has 1 N–H and O–H groups in total. The Bertz CT molecular complexity index is 509. The molecule has 4 heteroatoms.